The normalized spacial score (nSPS) is 11.6. The molecule has 0 bridgehead atoms. The maximum absolute atomic E-state index is 5.94. The maximum atomic E-state index is 5.94. The summed E-state index contributed by atoms with van der Waals surface area (Å²) in [5.74, 6) is 0. The molecule has 0 heterocycles. The molecule has 0 aliphatic heterocycles. The van der Waals surface area contributed by atoms with Crippen LogP contribution < -0.4 is 22.1 Å². The number of benzene rings is 6. The largest absolute Gasteiger partial charge is 0.330 e. The number of hydrogen-bond donors (Lipinski definition) is 4. The number of rotatable bonds is 27. The summed E-state index contributed by atoms with van der Waals surface area (Å²) in [4.78, 5) is 5.33. The fourth-order valence-electron chi connectivity index (χ4n) is 8.52. The van der Waals surface area contributed by atoms with Crippen molar-refractivity contribution >= 4 is 67.9 Å². The highest BCUT2D eigenvalue weighted by atomic mass is 35.5. The summed E-state index contributed by atoms with van der Waals surface area (Å²) in [7, 11) is 0. The van der Waals surface area contributed by atoms with Gasteiger partial charge in [-0.3, -0.25) is 0 Å². The van der Waals surface area contributed by atoms with Crippen molar-refractivity contribution in [2.45, 2.75) is 77.3 Å². The number of halogens is 2. The molecule has 0 saturated heterocycles. The van der Waals surface area contributed by atoms with Gasteiger partial charge in [-0.05, 0) is 183 Å². The second-order valence-electron chi connectivity index (χ2n) is 15.7. The van der Waals surface area contributed by atoms with E-state index in [1.54, 1.807) is 0 Å². The third-order valence-electron chi connectivity index (χ3n) is 11.6. The van der Waals surface area contributed by atoms with Crippen LogP contribution in [-0.4, -0.2) is 75.2 Å². The predicted molar refractivity (Wildman–Crippen MR) is 258 cm³/mol. The van der Waals surface area contributed by atoms with Crippen molar-refractivity contribution in [2.24, 2.45) is 11.5 Å². The second-order valence-corrected chi connectivity index (χ2v) is 15.7. The summed E-state index contributed by atoms with van der Waals surface area (Å²) < 4.78 is 0. The lowest BCUT2D eigenvalue weighted by Gasteiger charge is -2.25. The van der Waals surface area contributed by atoms with Gasteiger partial charge in [0.1, 0.15) is 0 Å². The Kier molecular flexibility index (Phi) is 21.8. The van der Waals surface area contributed by atoms with Gasteiger partial charge in [0.25, 0.3) is 0 Å². The predicted octanol–water partition coefficient (Wildman–Crippen LogP) is 10.4. The molecule has 0 atom stereocenters. The molecular weight excluding hydrogens is 755 g/mol. The second kappa shape index (κ2) is 26.7. The van der Waals surface area contributed by atoms with Crippen LogP contribution in [0, 0.1) is 0 Å². The minimum absolute atomic E-state index is 0. The molecule has 0 saturated carbocycles. The van der Waals surface area contributed by atoms with Crippen LogP contribution in [0.2, 0.25) is 0 Å². The van der Waals surface area contributed by atoms with E-state index in [1.165, 1.54) is 132 Å². The van der Waals surface area contributed by atoms with Crippen molar-refractivity contribution in [1.29, 1.82) is 0 Å². The molecule has 6 aromatic carbocycles. The molecule has 314 valence electrons. The average Bonchev–Trinajstić information content (AvgIpc) is 3.24. The third kappa shape index (κ3) is 14.2. The Morgan fingerprint density at radius 3 is 0.983 bits per heavy atom. The Morgan fingerprint density at radius 1 is 0.362 bits per heavy atom. The zero-order chi connectivity index (χ0) is 38.6. The van der Waals surface area contributed by atoms with E-state index < -0.39 is 0 Å². The zero-order valence-electron chi connectivity index (χ0n) is 34.8. The highest BCUT2D eigenvalue weighted by Crippen LogP contribution is 2.29. The quantitative estimate of drug-likeness (QED) is 0.0306. The van der Waals surface area contributed by atoms with Gasteiger partial charge in [0.15, 0.2) is 0 Å². The molecule has 58 heavy (non-hydrogen) atoms. The summed E-state index contributed by atoms with van der Waals surface area (Å²) in [6, 6.07) is 39.8. The number of fused-ring (bicyclic) bond motifs is 4. The Hall–Kier alpha value is -3.30. The van der Waals surface area contributed by atoms with E-state index in [1.807, 2.05) is 0 Å². The minimum atomic E-state index is 0. The summed E-state index contributed by atoms with van der Waals surface area (Å²) in [6.07, 6.45) is 12.1. The molecule has 0 radical (unpaired) electrons. The van der Waals surface area contributed by atoms with E-state index >= 15 is 0 Å². The van der Waals surface area contributed by atoms with Crippen LogP contribution in [0.5, 0.6) is 0 Å². The van der Waals surface area contributed by atoms with Gasteiger partial charge in [-0.15, -0.1) is 24.8 Å². The third-order valence-corrected chi connectivity index (χ3v) is 11.6. The van der Waals surface area contributed by atoms with Crippen molar-refractivity contribution in [3.8, 4) is 0 Å². The van der Waals surface area contributed by atoms with Crippen LogP contribution in [0.1, 0.15) is 75.3 Å². The monoisotopic (exact) mass is 825 g/mol. The van der Waals surface area contributed by atoms with Gasteiger partial charge in [0.2, 0.25) is 0 Å². The molecule has 0 unspecified atom stereocenters. The standard InChI is InChI=1S/C50H68N6.2ClH/c51-27-17-35-55(31-13-1-11-29-53-39-49-45-23-7-3-19-41(45)37-42-20-4-8-24-46(42)49)33-15-16-34-56(36-18-28-52)32-14-2-12-30-54-40-50-47-25-9-5-21-43(47)38-44-22-6-10-26-48(44)50;;/h3-10,19-26,37-38,53-54H,1-2,11-18,27-36,39-40,51-52H2;2*1H. The van der Waals surface area contributed by atoms with Gasteiger partial charge < -0.3 is 31.9 Å². The lowest BCUT2D eigenvalue weighted by Crippen LogP contribution is -2.31. The lowest BCUT2D eigenvalue weighted by molar-refractivity contribution is 0.233. The van der Waals surface area contributed by atoms with E-state index in [0.29, 0.717) is 0 Å². The smallest absolute Gasteiger partial charge is 0.0217 e. The van der Waals surface area contributed by atoms with E-state index in [-0.39, 0.29) is 24.8 Å². The van der Waals surface area contributed by atoms with Crippen LogP contribution in [0.3, 0.4) is 0 Å². The van der Waals surface area contributed by atoms with Gasteiger partial charge in [-0.2, -0.15) is 0 Å². The summed E-state index contributed by atoms with van der Waals surface area (Å²) in [6.45, 7) is 12.4. The van der Waals surface area contributed by atoms with E-state index in [2.05, 4.69) is 130 Å². The van der Waals surface area contributed by atoms with Crippen LogP contribution in [0.4, 0.5) is 0 Å². The molecule has 6 N–H and O–H groups in total. The zero-order valence-corrected chi connectivity index (χ0v) is 36.4. The van der Waals surface area contributed by atoms with Crippen molar-refractivity contribution in [1.82, 2.24) is 20.4 Å². The van der Waals surface area contributed by atoms with Crippen molar-refractivity contribution in [3.05, 3.63) is 120 Å². The van der Waals surface area contributed by atoms with E-state index in [9.17, 15) is 0 Å². The first-order valence-corrected chi connectivity index (χ1v) is 21.8. The van der Waals surface area contributed by atoms with Crippen LogP contribution in [0.25, 0.3) is 43.1 Å². The maximum Gasteiger partial charge on any atom is 0.0217 e. The first-order valence-electron chi connectivity index (χ1n) is 21.8. The molecule has 8 heteroatoms. The summed E-state index contributed by atoms with van der Waals surface area (Å²) in [5, 5.41) is 18.3. The van der Waals surface area contributed by atoms with Gasteiger partial charge in [0, 0.05) is 13.1 Å². The fourth-order valence-corrected chi connectivity index (χ4v) is 8.52. The Morgan fingerprint density at radius 2 is 0.655 bits per heavy atom. The molecule has 6 rings (SSSR count). The highest BCUT2D eigenvalue weighted by Gasteiger charge is 2.10. The van der Waals surface area contributed by atoms with E-state index in [4.69, 9.17) is 11.5 Å². The number of nitrogens with one attached hydrogen (secondary N) is 2. The average molecular weight is 826 g/mol. The summed E-state index contributed by atoms with van der Waals surface area (Å²) in [5.41, 5.74) is 14.7. The molecule has 6 nitrogen and oxygen atoms in total. The Labute approximate surface area is 361 Å². The Bertz CT molecular complexity index is 1800. The highest BCUT2D eigenvalue weighted by molar-refractivity contribution is 6.03. The van der Waals surface area contributed by atoms with Gasteiger partial charge >= 0.3 is 0 Å². The molecule has 0 aliphatic rings. The SMILES string of the molecule is Cl.Cl.NCCCN(CCCCCNCc1c2ccccc2cc2ccccc12)CCCCN(CCCN)CCCCCNCc1c2ccccc2cc2ccccc12. The van der Waals surface area contributed by atoms with Crippen LogP contribution in [0.15, 0.2) is 109 Å². The van der Waals surface area contributed by atoms with Crippen molar-refractivity contribution in [2.75, 3.05) is 65.4 Å². The number of hydrogen-bond acceptors (Lipinski definition) is 6. The van der Waals surface area contributed by atoms with Crippen LogP contribution >= 0.6 is 24.8 Å². The molecule has 0 aliphatic carbocycles. The molecule has 6 aromatic rings. The van der Waals surface area contributed by atoms with Gasteiger partial charge in [-0.25, -0.2) is 0 Å². The topological polar surface area (TPSA) is 82.6 Å². The minimum Gasteiger partial charge on any atom is -0.330 e. The molecular formula is C50H70Cl2N6. The number of unbranched alkanes of at least 4 members (excludes halogenated alkanes) is 5. The molecule has 0 fully saturated rings. The van der Waals surface area contributed by atoms with Crippen molar-refractivity contribution in [3.63, 3.8) is 0 Å². The summed E-state index contributed by atoms with van der Waals surface area (Å²) >= 11 is 0. The fraction of sp³-hybridized carbons (Fsp3) is 0.440. The number of nitrogens with two attached hydrogens (primary N) is 2. The van der Waals surface area contributed by atoms with E-state index in [0.717, 1.165) is 65.2 Å². The first kappa shape index (κ1) is 47.4. The Balaban J connectivity index is 0.00000372. The van der Waals surface area contributed by atoms with Gasteiger partial charge in [0.05, 0.1) is 0 Å². The lowest BCUT2D eigenvalue weighted by atomic mass is 9.97. The molecule has 0 spiro atoms. The molecule has 0 aromatic heterocycles. The van der Waals surface area contributed by atoms with Crippen LogP contribution in [-0.2, 0) is 13.1 Å². The van der Waals surface area contributed by atoms with Crippen molar-refractivity contribution < 1.29 is 0 Å². The first-order chi connectivity index (χ1) is 27.7. The molecule has 0 amide bonds. The number of nitrogens with zero attached hydrogens (tertiary/aromatic N) is 2. The van der Waals surface area contributed by atoms with Gasteiger partial charge in [-0.1, -0.05) is 110 Å².